The molecule has 4 rings (SSSR count). The quantitative estimate of drug-likeness (QED) is 0.387. The van der Waals surface area contributed by atoms with E-state index >= 15 is 0 Å². The van der Waals surface area contributed by atoms with Crippen LogP contribution in [0.5, 0.6) is 0 Å². The summed E-state index contributed by atoms with van der Waals surface area (Å²) in [6.45, 7) is 0.546. The van der Waals surface area contributed by atoms with Crippen LogP contribution in [0, 0.1) is 11.3 Å². The number of hydrogen-bond donors (Lipinski definition) is 2. The molecule has 0 spiro atoms. The summed E-state index contributed by atoms with van der Waals surface area (Å²) in [5.41, 5.74) is 5.20. The number of anilines is 1. The smallest absolute Gasteiger partial charge is 0.335 e. The lowest BCUT2D eigenvalue weighted by atomic mass is 10.1. The van der Waals surface area contributed by atoms with Crippen molar-refractivity contribution in [3.63, 3.8) is 0 Å². The SMILES string of the molecule is N#Cc1ccc(-c2nn(-c3ccc(C(=O)O)cc3)cc2CNc2ccc(Br)cc2)cc1. The number of carboxylic acid groups (broad SMARTS) is 1. The van der Waals surface area contributed by atoms with Gasteiger partial charge < -0.3 is 10.4 Å². The highest BCUT2D eigenvalue weighted by Crippen LogP contribution is 2.25. The van der Waals surface area contributed by atoms with Gasteiger partial charge in [0.15, 0.2) is 0 Å². The fourth-order valence-corrected chi connectivity index (χ4v) is 3.40. The van der Waals surface area contributed by atoms with Crippen LogP contribution in [0.1, 0.15) is 21.5 Å². The van der Waals surface area contributed by atoms with Gasteiger partial charge in [-0.1, -0.05) is 28.1 Å². The largest absolute Gasteiger partial charge is 0.478 e. The Balaban J connectivity index is 1.69. The van der Waals surface area contributed by atoms with Crippen molar-refractivity contribution in [2.75, 3.05) is 5.32 Å². The molecule has 0 aliphatic carbocycles. The number of benzene rings is 3. The lowest BCUT2D eigenvalue weighted by Crippen LogP contribution is -2.00. The van der Waals surface area contributed by atoms with E-state index in [1.165, 1.54) is 0 Å². The van der Waals surface area contributed by atoms with E-state index in [1.807, 2.05) is 42.6 Å². The predicted molar refractivity (Wildman–Crippen MR) is 122 cm³/mol. The van der Waals surface area contributed by atoms with Crippen LogP contribution in [0.4, 0.5) is 5.69 Å². The Morgan fingerprint density at radius 3 is 2.32 bits per heavy atom. The summed E-state index contributed by atoms with van der Waals surface area (Å²) in [5.74, 6) is -0.968. The molecule has 0 aliphatic heterocycles. The highest BCUT2D eigenvalue weighted by atomic mass is 79.9. The maximum Gasteiger partial charge on any atom is 0.335 e. The van der Waals surface area contributed by atoms with Gasteiger partial charge in [0.05, 0.1) is 28.6 Å². The maximum atomic E-state index is 11.1. The third-order valence-electron chi connectivity index (χ3n) is 4.78. The average molecular weight is 473 g/mol. The van der Waals surface area contributed by atoms with Crippen molar-refractivity contribution in [1.82, 2.24) is 9.78 Å². The van der Waals surface area contributed by atoms with E-state index in [0.29, 0.717) is 12.1 Å². The number of aromatic carboxylic acids is 1. The molecule has 0 radical (unpaired) electrons. The normalized spacial score (nSPS) is 10.5. The Morgan fingerprint density at radius 2 is 1.71 bits per heavy atom. The van der Waals surface area contributed by atoms with Gasteiger partial charge in [0.1, 0.15) is 0 Å². The van der Waals surface area contributed by atoms with Crippen LogP contribution in [-0.2, 0) is 6.54 Å². The molecule has 2 N–H and O–H groups in total. The van der Waals surface area contributed by atoms with Crippen molar-refractivity contribution in [3.8, 4) is 23.0 Å². The zero-order valence-electron chi connectivity index (χ0n) is 16.3. The van der Waals surface area contributed by atoms with Crippen LogP contribution in [-0.4, -0.2) is 20.9 Å². The van der Waals surface area contributed by atoms with Crippen LogP contribution in [0.25, 0.3) is 16.9 Å². The molecule has 3 aromatic carbocycles. The molecule has 1 aromatic heterocycles. The van der Waals surface area contributed by atoms with Crippen molar-refractivity contribution < 1.29 is 9.90 Å². The molecule has 7 heteroatoms. The first-order valence-electron chi connectivity index (χ1n) is 9.46. The molecule has 152 valence electrons. The third-order valence-corrected chi connectivity index (χ3v) is 5.31. The lowest BCUT2D eigenvalue weighted by Gasteiger charge is -2.07. The second-order valence-corrected chi connectivity index (χ2v) is 7.76. The summed E-state index contributed by atoms with van der Waals surface area (Å²) in [6.07, 6.45) is 1.93. The molecule has 0 unspecified atom stereocenters. The molecule has 4 aromatic rings. The predicted octanol–water partition coefficient (Wildman–Crippen LogP) is 5.48. The van der Waals surface area contributed by atoms with E-state index in [4.69, 9.17) is 15.5 Å². The minimum absolute atomic E-state index is 0.223. The van der Waals surface area contributed by atoms with E-state index in [2.05, 4.69) is 27.3 Å². The number of carboxylic acids is 1. The minimum atomic E-state index is -0.968. The van der Waals surface area contributed by atoms with Crippen LogP contribution >= 0.6 is 15.9 Å². The molecule has 0 saturated heterocycles. The fraction of sp³-hybridized carbons (Fsp3) is 0.0417. The second-order valence-electron chi connectivity index (χ2n) is 6.85. The first-order valence-corrected chi connectivity index (χ1v) is 10.2. The standard InChI is InChI=1S/C24H17BrN4O2/c25-20-7-9-21(10-8-20)27-14-19-15-29(22-11-5-18(6-12-22)24(30)31)28-23(19)17-3-1-16(13-26)2-4-17/h1-12,15,27H,14H2,(H,30,31). The van der Waals surface area contributed by atoms with Gasteiger partial charge in [-0.3, -0.25) is 0 Å². The first kappa shape index (κ1) is 20.4. The van der Waals surface area contributed by atoms with E-state index in [9.17, 15) is 4.79 Å². The summed E-state index contributed by atoms with van der Waals surface area (Å²) in [4.78, 5) is 11.1. The summed E-state index contributed by atoms with van der Waals surface area (Å²) in [6, 6.07) is 23.9. The number of aromatic nitrogens is 2. The molecule has 31 heavy (non-hydrogen) atoms. The Labute approximate surface area is 187 Å². The Hall–Kier alpha value is -3.89. The van der Waals surface area contributed by atoms with Crippen molar-refractivity contribution in [3.05, 3.63) is 100 Å². The van der Waals surface area contributed by atoms with Crippen molar-refractivity contribution >= 4 is 27.6 Å². The van der Waals surface area contributed by atoms with E-state index in [1.54, 1.807) is 41.1 Å². The number of nitrogens with one attached hydrogen (secondary N) is 1. The number of hydrogen-bond acceptors (Lipinski definition) is 4. The average Bonchev–Trinajstić information content (AvgIpc) is 3.23. The van der Waals surface area contributed by atoms with Gasteiger partial charge in [-0.2, -0.15) is 10.4 Å². The maximum absolute atomic E-state index is 11.1. The highest BCUT2D eigenvalue weighted by Gasteiger charge is 2.13. The summed E-state index contributed by atoms with van der Waals surface area (Å²) >= 11 is 3.44. The summed E-state index contributed by atoms with van der Waals surface area (Å²) in [7, 11) is 0. The van der Waals surface area contributed by atoms with Gasteiger partial charge in [-0.15, -0.1) is 0 Å². The Morgan fingerprint density at radius 1 is 1.03 bits per heavy atom. The minimum Gasteiger partial charge on any atom is -0.478 e. The molecule has 0 atom stereocenters. The van der Waals surface area contributed by atoms with Gasteiger partial charge in [-0.25, -0.2) is 9.48 Å². The zero-order valence-corrected chi connectivity index (χ0v) is 17.9. The monoisotopic (exact) mass is 472 g/mol. The summed E-state index contributed by atoms with van der Waals surface area (Å²) in [5, 5.41) is 26.3. The zero-order chi connectivity index (χ0) is 21.8. The molecule has 0 amide bonds. The molecule has 0 aliphatic rings. The number of halogens is 1. The van der Waals surface area contributed by atoms with E-state index in [-0.39, 0.29) is 5.56 Å². The number of carbonyl (C=O) groups is 1. The van der Waals surface area contributed by atoms with Gasteiger partial charge >= 0.3 is 5.97 Å². The van der Waals surface area contributed by atoms with Crippen LogP contribution in [0.15, 0.2) is 83.5 Å². The van der Waals surface area contributed by atoms with Crippen molar-refractivity contribution in [2.24, 2.45) is 0 Å². The van der Waals surface area contributed by atoms with Gasteiger partial charge in [0.2, 0.25) is 0 Å². The van der Waals surface area contributed by atoms with Gasteiger partial charge in [-0.05, 0) is 60.7 Å². The van der Waals surface area contributed by atoms with Crippen LogP contribution < -0.4 is 5.32 Å². The molecule has 0 bridgehead atoms. The fourth-order valence-electron chi connectivity index (χ4n) is 3.14. The van der Waals surface area contributed by atoms with Crippen molar-refractivity contribution in [1.29, 1.82) is 5.26 Å². The highest BCUT2D eigenvalue weighted by molar-refractivity contribution is 9.10. The number of nitriles is 1. The Kier molecular flexibility index (Phi) is 5.83. The van der Waals surface area contributed by atoms with E-state index in [0.717, 1.165) is 32.7 Å². The van der Waals surface area contributed by atoms with Crippen LogP contribution in [0.3, 0.4) is 0 Å². The van der Waals surface area contributed by atoms with Crippen LogP contribution in [0.2, 0.25) is 0 Å². The molecule has 6 nitrogen and oxygen atoms in total. The van der Waals surface area contributed by atoms with E-state index < -0.39 is 5.97 Å². The van der Waals surface area contributed by atoms with Gasteiger partial charge in [0, 0.05) is 34.0 Å². The molecule has 0 fully saturated rings. The lowest BCUT2D eigenvalue weighted by molar-refractivity contribution is 0.0697. The first-order chi connectivity index (χ1) is 15.0. The third kappa shape index (κ3) is 4.65. The number of nitrogens with zero attached hydrogens (tertiary/aromatic N) is 3. The molecule has 0 saturated carbocycles. The van der Waals surface area contributed by atoms with Crippen molar-refractivity contribution in [2.45, 2.75) is 6.54 Å². The number of rotatable bonds is 6. The summed E-state index contributed by atoms with van der Waals surface area (Å²) < 4.78 is 2.74. The Bertz CT molecular complexity index is 1260. The molecular formula is C24H17BrN4O2. The second kappa shape index (κ2) is 8.86. The molecular weight excluding hydrogens is 456 g/mol. The van der Waals surface area contributed by atoms with Gasteiger partial charge in [0.25, 0.3) is 0 Å². The topological polar surface area (TPSA) is 90.9 Å². The molecule has 1 heterocycles.